The number of hydrogen-bond donors (Lipinski definition) is 0. The van der Waals surface area contributed by atoms with Crippen molar-refractivity contribution in [3.05, 3.63) is 32.4 Å². The van der Waals surface area contributed by atoms with E-state index in [1.165, 1.54) is 0 Å². The van der Waals surface area contributed by atoms with Crippen LogP contribution in [0.1, 0.15) is 6.42 Å². The Labute approximate surface area is 137 Å². The Morgan fingerprint density at radius 1 is 1.10 bits per heavy atom. The van der Waals surface area contributed by atoms with Gasteiger partial charge >= 0.3 is 0 Å². The molecule has 0 amide bonds. The molecule has 0 unspecified atom stereocenters. The summed E-state index contributed by atoms with van der Waals surface area (Å²) in [6.45, 7) is 1.27. The van der Waals surface area contributed by atoms with Crippen molar-refractivity contribution < 1.29 is 9.47 Å². The predicted octanol–water partition coefficient (Wildman–Crippen LogP) is 4.48. The third-order valence-corrected chi connectivity index (χ3v) is 4.45. The molecule has 7 heteroatoms. The zero-order valence-corrected chi connectivity index (χ0v) is 14.1. The standard InChI is InChI=1S/C13H9Br2ClN2O2/c14-8-4-7(13-17-6-9(15)12(16)18-13)5-10-11(8)20-3-1-2-19-10/h4-6H,1-3H2. The molecule has 0 N–H and O–H groups in total. The molecule has 0 bridgehead atoms. The van der Waals surface area contributed by atoms with E-state index in [1.54, 1.807) is 6.20 Å². The molecule has 1 aliphatic rings. The first-order valence-corrected chi connectivity index (χ1v) is 7.89. The minimum absolute atomic E-state index is 0.373. The average molecular weight is 420 g/mol. The van der Waals surface area contributed by atoms with E-state index in [-0.39, 0.29) is 0 Å². The molecule has 0 saturated heterocycles. The van der Waals surface area contributed by atoms with Crippen LogP contribution >= 0.6 is 43.5 Å². The molecule has 104 valence electrons. The van der Waals surface area contributed by atoms with E-state index in [9.17, 15) is 0 Å². The second-order valence-electron chi connectivity index (χ2n) is 4.17. The fourth-order valence-corrected chi connectivity index (χ4v) is 2.72. The maximum absolute atomic E-state index is 6.01. The van der Waals surface area contributed by atoms with Crippen molar-refractivity contribution in [3.63, 3.8) is 0 Å². The lowest BCUT2D eigenvalue weighted by atomic mass is 10.2. The highest BCUT2D eigenvalue weighted by molar-refractivity contribution is 9.10. The molecule has 1 aromatic heterocycles. The highest BCUT2D eigenvalue weighted by Gasteiger charge is 2.17. The second kappa shape index (κ2) is 5.87. The molecule has 0 fully saturated rings. The fraction of sp³-hybridized carbons (Fsp3) is 0.231. The maximum atomic E-state index is 6.01. The van der Waals surface area contributed by atoms with Gasteiger partial charge in [-0.2, -0.15) is 0 Å². The number of benzene rings is 1. The fourth-order valence-electron chi connectivity index (χ4n) is 1.85. The van der Waals surface area contributed by atoms with Gasteiger partial charge in [-0.05, 0) is 44.0 Å². The summed E-state index contributed by atoms with van der Waals surface area (Å²) in [6, 6.07) is 3.76. The number of fused-ring (bicyclic) bond motifs is 1. The molecule has 0 aliphatic carbocycles. The van der Waals surface area contributed by atoms with Crippen molar-refractivity contribution in [2.75, 3.05) is 13.2 Å². The molecule has 2 heterocycles. The maximum Gasteiger partial charge on any atom is 0.175 e. The Hall–Kier alpha value is -0.850. The predicted molar refractivity (Wildman–Crippen MR) is 83.5 cm³/mol. The van der Waals surface area contributed by atoms with Crippen LogP contribution in [0.5, 0.6) is 11.5 Å². The molecule has 0 spiro atoms. The van der Waals surface area contributed by atoms with Crippen LogP contribution in [0.15, 0.2) is 27.3 Å². The molecule has 1 aromatic carbocycles. The number of rotatable bonds is 1. The van der Waals surface area contributed by atoms with Crippen LogP contribution in [0, 0.1) is 0 Å². The van der Waals surface area contributed by atoms with Crippen LogP contribution in [0.25, 0.3) is 11.4 Å². The van der Waals surface area contributed by atoms with Crippen LogP contribution < -0.4 is 9.47 Å². The van der Waals surface area contributed by atoms with Crippen molar-refractivity contribution in [1.82, 2.24) is 9.97 Å². The van der Waals surface area contributed by atoms with Gasteiger partial charge in [-0.3, -0.25) is 0 Å². The third-order valence-electron chi connectivity index (χ3n) is 2.76. The summed E-state index contributed by atoms with van der Waals surface area (Å²) < 4.78 is 12.8. The van der Waals surface area contributed by atoms with E-state index in [0.717, 1.165) is 22.2 Å². The number of halogens is 3. The molecular weight excluding hydrogens is 411 g/mol. The summed E-state index contributed by atoms with van der Waals surface area (Å²) in [5, 5.41) is 0.373. The Morgan fingerprint density at radius 3 is 2.70 bits per heavy atom. The minimum atomic E-state index is 0.373. The highest BCUT2D eigenvalue weighted by Crippen LogP contribution is 2.40. The SMILES string of the molecule is Clc1nc(-c2cc(Br)c3c(c2)OCCCO3)ncc1Br. The van der Waals surface area contributed by atoms with Crippen molar-refractivity contribution in [1.29, 1.82) is 0 Å². The largest absolute Gasteiger partial charge is 0.489 e. The summed E-state index contributed by atoms with van der Waals surface area (Å²) >= 11 is 12.8. The Kier molecular flexibility index (Phi) is 4.14. The number of hydrogen-bond acceptors (Lipinski definition) is 4. The summed E-state index contributed by atoms with van der Waals surface area (Å²) in [5.41, 5.74) is 0.815. The molecule has 20 heavy (non-hydrogen) atoms. The van der Waals surface area contributed by atoms with Crippen molar-refractivity contribution in [2.24, 2.45) is 0 Å². The Morgan fingerprint density at radius 2 is 1.90 bits per heavy atom. The minimum Gasteiger partial charge on any atom is -0.489 e. The van der Waals surface area contributed by atoms with Gasteiger partial charge in [0.15, 0.2) is 17.3 Å². The van der Waals surface area contributed by atoms with Gasteiger partial charge in [0, 0.05) is 18.2 Å². The van der Waals surface area contributed by atoms with Gasteiger partial charge in [0.05, 0.1) is 22.2 Å². The van der Waals surface area contributed by atoms with Gasteiger partial charge in [0.2, 0.25) is 0 Å². The van der Waals surface area contributed by atoms with E-state index in [1.807, 2.05) is 12.1 Å². The van der Waals surface area contributed by atoms with E-state index in [2.05, 4.69) is 41.8 Å². The molecule has 4 nitrogen and oxygen atoms in total. The second-order valence-corrected chi connectivity index (χ2v) is 6.23. The van der Waals surface area contributed by atoms with E-state index >= 15 is 0 Å². The van der Waals surface area contributed by atoms with Crippen molar-refractivity contribution in [2.45, 2.75) is 6.42 Å². The number of nitrogens with zero attached hydrogens (tertiary/aromatic N) is 2. The van der Waals surface area contributed by atoms with Gasteiger partial charge in [0.25, 0.3) is 0 Å². The first kappa shape index (κ1) is 14.1. The first-order valence-electron chi connectivity index (χ1n) is 5.92. The molecule has 3 rings (SSSR count). The lowest BCUT2D eigenvalue weighted by molar-refractivity contribution is 0.296. The first-order chi connectivity index (χ1) is 9.65. The van der Waals surface area contributed by atoms with Crippen LogP contribution in [0.3, 0.4) is 0 Å². The number of aromatic nitrogens is 2. The molecule has 2 aromatic rings. The third kappa shape index (κ3) is 2.77. The average Bonchev–Trinajstić information content (AvgIpc) is 2.67. The number of ether oxygens (including phenoxy) is 2. The summed E-state index contributed by atoms with van der Waals surface area (Å²) in [7, 11) is 0. The van der Waals surface area contributed by atoms with Crippen molar-refractivity contribution >= 4 is 43.5 Å². The monoisotopic (exact) mass is 418 g/mol. The van der Waals surface area contributed by atoms with Crippen LogP contribution in [0.2, 0.25) is 5.15 Å². The topological polar surface area (TPSA) is 44.2 Å². The van der Waals surface area contributed by atoms with E-state index < -0.39 is 0 Å². The van der Waals surface area contributed by atoms with Crippen molar-refractivity contribution in [3.8, 4) is 22.9 Å². The molecular formula is C13H9Br2ClN2O2. The summed E-state index contributed by atoms with van der Waals surface area (Å²) in [6.07, 6.45) is 2.48. The Bertz CT molecular complexity index is 667. The van der Waals surface area contributed by atoms with Crippen LogP contribution in [-0.4, -0.2) is 23.2 Å². The van der Waals surface area contributed by atoms with Gasteiger partial charge in [-0.15, -0.1) is 0 Å². The molecule has 0 radical (unpaired) electrons. The smallest absolute Gasteiger partial charge is 0.175 e. The Balaban J connectivity index is 2.08. The van der Waals surface area contributed by atoms with Gasteiger partial charge < -0.3 is 9.47 Å². The zero-order chi connectivity index (χ0) is 14.1. The lowest BCUT2D eigenvalue weighted by Gasteiger charge is -2.11. The normalized spacial score (nSPS) is 13.9. The lowest BCUT2D eigenvalue weighted by Crippen LogP contribution is -1.97. The van der Waals surface area contributed by atoms with Crippen LogP contribution in [-0.2, 0) is 0 Å². The highest BCUT2D eigenvalue weighted by atomic mass is 79.9. The molecule has 0 atom stereocenters. The quantitative estimate of drug-likeness (QED) is 0.638. The van der Waals surface area contributed by atoms with Gasteiger partial charge in [-0.1, -0.05) is 11.6 Å². The van der Waals surface area contributed by atoms with E-state index in [4.69, 9.17) is 21.1 Å². The molecule has 1 aliphatic heterocycles. The molecule has 0 saturated carbocycles. The zero-order valence-electron chi connectivity index (χ0n) is 10.2. The van der Waals surface area contributed by atoms with E-state index in [0.29, 0.717) is 34.4 Å². The van der Waals surface area contributed by atoms with Gasteiger partial charge in [-0.25, -0.2) is 9.97 Å². The summed E-state index contributed by atoms with van der Waals surface area (Å²) in [5.74, 6) is 1.94. The van der Waals surface area contributed by atoms with Gasteiger partial charge in [0.1, 0.15) is 5.15 Å². The summed E-state index contributed by atoms with van der Waals surface area (Å²) in [4.78, 5) is 8.51. The van der Waals surface area contributed by atoms with Crippen LogP contribution in [0.4, 0.5) is 0 Å².